The van der Waals surface area contributed by atoms with E-state index >= 15 is 0 Å². The number of anilines is 2. The van der Waals surface area contributed by atoms with E-state index < -0.39 is 11.9 Å². The van der Waals surface area contributed by atoms with Crippen LogP contribution in [0.5, 0.6) is 0 Å². The van der Waals surface area contributed by atoms with Gasteiger partial charge in [-0.3, -0.25) is 4.79 Å². The number of para-hydroxylation sites is 1. The topological polar surface area (TPSA) is 93.2 Å². The highest BCUT2D eigenvalue weighted by Gasteiger charge is 2.15. The van der Waals surface area contributed by atoms with Crippen molar-refractivity contribution in [2.45, 2.75) is 6.54 Å². The lowest BCUT2D eigenvalue weighted by Crippen LogP contribution is -2.17. The standard InChI is InChI=1S/C20H17ClN4O3/c1-28-20(27)15-4-2-3-5-16(15)23-19(26)17-10-11-18(25-24-17)22-12-13-6-8-14(21)9-7-13/h2-11H,12H2,1H3,(H,22,25)(H,23,26). The number of methoxy groups -OCH3 is 1. The third kappa shape index (κ3) is 4.83. The number of halogens is 1. The Bertz CT molecular complexity index is 976. The molecule has 7 nitrogen and oxygen atoms in total. The van der Waals surface area contributed by atoms with Crippen LogP contribution in [0.25, 0.3) is 0 Å². The van der Waals surface area contributed by atoms with Gasteiger partial charge < -0.3 is 15.4 Å². The van der Waals surface area contributed by atoms with E-state index in [4.69, 9.17) is 16.3 Å². The number of ether oxygens (including phenoxy) is 1. The van der Waals surface area contributed by atoms with Crippen molar-refractivity contribution in [3.8, 4) is 0 Å². The molecule has 0 aliphatic heterocycles. The van der Waals surface area contributed by atoms with Crippen molar-refractivity contribution < 1.29 is 14.3 Å². The van der Waals surface area contributed by atoms with E-state index in [1.54, 1.807) is 36.4 Å². The van der Waals surface area contributed by atoms with Gasteiger partial charge in [0.25, 0.3) is 5.91 Å². The summed E-state index contributed by atoms with van der Waals surface area (Å²) in [7, 11) is 1.28. The highest BCUT2D eigenvalue weighted by molar-refractivity contribution is 6.30. The Balaban J connectivity index is 1.64. The van der Waals surface area contributed by atoms with Crippen molar-refractivity contribution in [1.82, 2.24) is 10.2 Å². The predicted octanol–water partition coefficient (Wildman–Crippen LogP) is 3.78. The molecule has 2 aromatic carbocycles. The molecule has 0 aliphatic rings. The highest BCUT2D eigenvalue weighted by atomic mass is 35.5. The zero-order chi connectivity index (χ0) is 19.9. The molecule has 0 saturated heterocycles. The number of nitrogens with one attached hydrogen (secondary N) is 2. The molecule has 28 heavy (non-hydrogen) atoms. The van der Waals surface area contributed by atoms with Crippen molar-refractivity contribution in [3.63, 3.8) is 0 Å². The first-order chi connectivity index (χ1) is 13.6. The fourth-order valence-corrected chi connectivity index (χ4v) is 2.53. The van der Waals surface area contributed by atoms with Gasteiger partial charge in [-0.1, -0.05) is 35.9 Å². The van der Waals surface area contributed by atoms with E-state index in [9.17, 15) is 9.59 Å². The Morgan fingerprint density at radius 2 is 1.75 bits per heavy atom. The largest absolute Gasteiger partial charge is 0.465 e. The third-order valence-electron chi connectivity index (χ3n) is 3.86. The zero-order valence-corrected chi connectivity index (χ0v) is 15.7. The SMILES string of the molecule is COC(=O)c1ccccc1NC(=O)c1ccc(NCc2ccc(Cl)cc2)nn1. The lowest BCUT2D eigenvalue weighted by atomic mass is 10.1. The van der Waals surface area contributed by atoms with Gasteiger partial charge in [0.2, 0.25) is 0 Å². The van der Waals surface area contributed by atoms with E-state index in [1.165, 1.54) is 7.11 Å². The summed E-state index contributed by atoms with van der Waals surface area (Å²) >= 11 is 5.86. The zero-order valence-electron chi connectivity index (χ0n) is 15.0. The number of hydrogen-bond acceptors (Lipinski definition) is 6. The summed E-state index contributed by atoms with van der Waals surface area (Å²) in [4.78, 5) is 24.2. The fourth-order valence-electron chi connectivity index (χ4n) is 2.41. The van der Waals surface area contributed by atoms with Crippen LogP contribution < -0.4 is 10.6 Å². The number of aromatic nitrogens is 2. The predicted molar refractivity (Wildman–Crippen MR) is 107 cm³/mol. The van der Waals surface area contributed by atoms with Gasteiger partial charge in [-0.2, -0.15) is 0 Å². The Labute approximate surface area is 166 Å². The number of nitrogens with zero attached hydrogens (tertiary/aromatic N) is 2. The molecule has 3 aromatic rings. The molecule has 1 amide bonds. The normalized spacial score (nSPS) is 10.2. The number of rotatable bonds is 6. The summed E-state index contributed by atoms with van der Waals surface area (Å²) < 4.78 is 4.72. The van der Waals surface area contributed by atoms with Gasteiger partial charge in [0, 0.05) is 11.6 Å². The van der Waals surface area contributed by atoms with Gasteiger partial charge in [-0.25, -0.2) is 4.79 Å². The van der Waals surface area contributed by atoms with Crippen LogP contribution in [0.4, 0.5) is 11.5 Å². The minimum absolute atomic E-state index is 0.122. The monoisotopic (exact) mass is 396 g/mol. The highest BCUT2D eigenvalue weighted by Crippen LogP contribution is 2.17. The Morgan fingerprint density at radius 3 is 2.43 bits per heavy atom. The molecule has 142 valence electrons. The van der Waals surface area contributed by atoms with E-state index in [-0.39, 0.29) is 11.3 Å². The summed E-state index contributed by atoms with van der Waals surface area (Å²) in [5.41, 5.74) is 1.75. The lowest BCUT2D eigenvalue weighted by Gasteiger charge is -2.09. The van der Waals surface area contributed by atoms with Gasteiger partial charge in [-0.15, -0.1) is 10.2 Å². The number of esters is 1. The molecule has 0 fully saturated rings. The molecular weight excluding hydrogens is 380 g/mol. The molecule has 0 spiro atoms. The van der Waals surface area contributed by atoms with Gasteiger partial charge >= 0.3 is 5.97 Å². The number of carbonyl (C=O) groups is 2. The van der Waals surface area contributed by atoms with Crippen LogP contribution >= 0.6 is 11.6 Å². The Hall–Kier alpha value is -3.45. The number of benzene rings is 2. The van der Waals surface area contributed by atoms with Crippen LogP contribution in [-0.4, -0.2) is 29.2 Å². The summed E-state index contributed by atoms with van der Waals surface area (Å²) in [6.07, 6.45) is 0. The Kier molecular flexibility index (Phi) is 6.18. The summed E-state index contributed by atoms with van der Waals surface area (Å²) in [6, 6.07) is 17.2. The quantitative estimate of drug-likeness (QED) is 0.616. The minimum Gasteiger partial charge on any atom is -0.465 e. The summed E-state index contributed by atoms with van der Waals surface area (Å²) in [6.45, 7) is 0.546. The molecular formula is C20H17ClN4O3. The minimum atomic E-state index is -0.538. The van der Waals surface area contributed by atoms with Crippen LogP contribution in [0, 0.1) is 0 Å². The van der Waals surface area contributed by atoms with Crippen LogP contribution in [-0.2, 0) is 11.3 Å². The second kappa shape index (κ2) is 8.96. The maximum Gasteiger partial charge on any atom is 0.339 e. The van der Waals surface area contributed by atoms with Gasteiger partial charge in [0.1, 0.15) is 5.82 Å². The average molecular weight is 397 g/mol. The number of amides is 1. The van der Waals surface area contributed by atoms with E-state index in [0.717, 1.165) is 5.56 Å². The van der Waals surface area contributed by atoms with Crippen LogP contribution in [0.1, 0.15) is 26.4 Å². The van der Waals surface area contributed by atoms with Crippen molar-refractivity contribution in [1.29, 1.82) is 0 Å². The Morgan fingerprint density at radius 1 is 1.00 bits per heavy atom. The summed E-state index contributed by atoms with van der Waals surface area (Å²) in [5.74, 6) is -0.488. The smallest absolute Gasteiger partial charge is 0.339 e. The first kappa shape index (κ1) is 19.3. The molecule has 0 bridgehead atoms. The van der Waals surface area contributed by atoms with Crippen LogP contribution in [0.15, 0.2) is 60.7 Å². The molecule has 0 atom stereocenters. The number of carbonyl (C=O) groups excluding carboxylic acids is 2. The maximum absolute atomic E-state index is 12.4. The first-order valence-electron chi connectivity index (χ1n) is 8.37. The second-order valence-electron chi connectivity index (χ2n) is 5.78. The van der Waals surface area contributed by atoms with Crippen molar-refractivity contribution in [2.75, 3.05) is 17.7 Å². The lowest BCUT2D eigenvalue weighted by molar-refractivity contribution is 0.0602. The maximum atomic E-state index is 12.4. The van der Waals surface area contributed by atoms with Crippen LogP contribution in [0.3, 0.4) is 0 Å². The molecule has 2 N–H and O–H groups in total. The summed E-state index contributed by atoms with van der Waals surface area (Å²) in [5, 5.41) is 14.4. The molecule has 0 saturated carbocycles. The molecule has 0 unspecified atom stereocenters. The van der Waals surface area contributed by atoms with E-state index in [0.29, 0.717) is 23.1 Å². The van der Waals surface area contributed by atoms with Gasteiger partial charge in [-0.05, 0) is 42.0 Å². The molecule has 0 radical (unpaired) electrons. The third-order valence-corrected chi connectivity index (χ3v) is 4.12. The van der Waals surface area contributed by atoms with Crippen LogP contribution in [0.2, 0.25) is 5.02 Å². The van der Waals surface area contributed by atoms with E-state index in [1.807, 2.05) is 24.3 Å². The van der Waals surface area contributed by atoms with Gasteiger partial charge in [0.15, 0.2) is 5.69 Å². The van der Waals surface area contributed by atoms with Crippen molar-refractivity contribution in [2.24, 2.45) is 0 Å². The van der Waals surface area contributed by atoms with Crippen molar-refractivity contribution >= 4 is 35.0 Å². The fraction of sp³-hybridized carbons (Fsp3) is 0.100. The average Bonchev–Trinajstić information content (AvgIpc) is 2.73. The van der Waals surface area contributed by atoms with Crippen molar-refractivity contribution in [3.05, 3.63) is 82.5 Å². The number of hydrogen-bond donors (Lipinski definition) is 2. The second-order valence-corrected chi connectivity index (χ2v) is 6.21. The van der Waals surface area contributed by atoms with E-state index in [2.05, 4.69) is 20.8 Å². The molecule has 1 heterocycles. The molecule has 0 aliphatic carbocycles. The first-order valence-corrected chi connectivity index (χ1v) is 8.75. The molecule has 3 rings (SSSR count). The molecule has 1 aromatic heterocycles. The van der Waals surface area contributed by atoms with Gasteiger partial charge in [0.05, 0.1) is 18.4 Å². The molecule has 8 heteroatoms.